The zero-order chi connectivity index (χ0) is 17.6. The van der Waals surface area contributed by atoms with Crippen molar-refractivity contribution in [3.05, 3.63) is 30.6 Å². The minimum absolute atomic E-state index is 0.0547. The molecule has 6 nitrogen and oxygen atoms in total. The molecule has 0 saturated heterocycles. The summed E-state index contributed by atoms with van der Waals surface area (Å²) in [4.78, 5) is 12.2. The molecule has 0 atom stereocenters. The summed E-state index contributed by atoms with van der Waals surface area (Å²) >= 11 is 1.39. The molecule has 0 unspecified atom stereocenters. The molecule has 0 spiro atoms. The largest absolute Gasteiger partial charge is 0.495 e. The molecule has 7 heteroatoms. The van der Waals surface area contributed by atoms with Crippen molar-refractivity contribution in [2.24, 2.45) is 5.92 Å². The van der Waals surface area contributed by atoms with Gasteiger partial charge in [-0.2, -0.15) is 0 Å². The van der Waals surface area contributed by atoms with Gasteiger partial charge in [0.15, 0.2) is 5.16 Å². The smallest absolute Gasteiger partial charge is 0.230 e. The predicted octanol–water partition coefficient (Wildman–Crippen LogP) is 3.06. The Morgan fingerprint density at radius 1 is 1.32 bits per heavy atom. The number of carbonyl (C=O) groups excluding carboxylic acids is 1. The van der Waals surface area contributed by atoms with Crippen LogP contribution in [-0.4, -0.2) is 39.6 Å². The van der Waals surface area contributed by atoms with Gasteiger partial charge in [0.1, 0.15) is 12.1 Å². The number of methoxy groups -OCH3 is 1. The van der Waals surface area contributed by atoms with E-state index in [2.05, 4.69) is 22.4 Å². The lowest BCUT2D eigenvalue weighted by molar-refractivity contribution is -0.119. The summed E-state index contributed by atoms with van der Waals surface area (Å²) in [6.45, 7) is 2.28. The number of carbonyl (C=O) groups is 1. The third kappa shape index (κ3) is 4.54. The summed E-state index contributed by atoms with van der Waals surface area (Å²) in [7, 11) is 1.63. The number of thioether (sulfide) groups is 1. The number of amides is 1. The molecule has 1 heterocycles. The van der Waals surface area contributed by atoms with Crippen LogP contribution in [0.5, 0.6) is 5.75 Å². The lowest BCUT2D eigenvalue weighted by Crippen LogP contribution is -2.38. The second-order valence-electron chi connectivity index (χ2n) is 6.47. The molecule has 3 rings (SSSR count). The molecule has 25 heavy (non-hydrogen) atoms. The number of benzene rings is 1. The first-order valence-corrected chi connectivity index (χ1v) is 9.61. The first kappa shape index (κ1) is 17.8. The number of ether oxygens (including phenoxy) is 1. The van der Waals surface area contributed by atoms with Crippen molar-refractivity contribution in [1.29, 1.82) is 0 Å². The van der Waals surface area contributed by atoms with Crippen LogP contribution in [0.2, 0.25) is 0 Å². The average molecular weight is 360 g/mol. The minimum Gasteiger partial charge on any atom is -0.495 e. The molecule has 0 radical (unpaired) electrons. The molecule has 1 amide bonds. The summed E-state index contributed by atoms with van der Waals surface area (Å²) in [5.41, 5.74) is 0.860. The molecule has 1 aliphatic rings. The molecule has 1 aliphatic carbocycles. The highest BCUT2D eigenvalue weighted by Crippen LogP contribution is 2.27. The van der Waals surface area contributed by atoms with E-state index < -0.39 is 0 Å². The highest BCUT2D eigenvalue weighted by Gasteiger charge is 2.20. The standard InChI is InChI=1S/C18H24N4O2S/c1-13-7-9-14(10-8-13)20-17(23)11-25-18-21-19-12-22(18)15-5-3-4-6-16(15)24-2/h3-6,12-14H,7-11H2,1-2H3,(H,20,23). The first-order chi connectivity index (χ1) is 12.2. The van der Waals surface area contributed by atoms with E-state index >= 15 is 0 Å². The Balaban J connectivity index is 1.59. The van der Waals surface area contributed by atoms with Crippen LogP contribution >= 0.6 is 11.8 Å². The van der Waals surface area contributed by atoms with E-state index in [0.29, 0.717) is 17.0 Å². The number of nitrogens with one attached hydrogen (secondary N) is 1. The molecule has 0 aliphatic heterocycles. The van der Waals surface area contributed by atoms with Crippen molar-refractivity contribution in [2.75, 3.05) is 12.9 Å². The van der Waals surface area contributed by atoms with Crippen molar-refractivity contribution in [1.82, 2.24) is 20.1 Å². The summed E-state index contributed by atoms with van der Waals surface area (Å²) in [5, 5.41) is 11.9. The summed E-state index contributed by atoms with van der Waals surface area (Å²) in [6, 6.07) is 7.99. The van der Waals surface area contributed by atoms with E-state index in [9.17, 15) is 4.79 Å². The molecule has 2 aromatic rings. The van der Waals surface area contributed by atoms with Crippen LogP contribution in [0.3, 0.4) is 0 Å². The van der Waals surface area contributed by atoms with Crippen molar-refractivity contribution < 1.29 is 9.53 Å². The second kappa shape index (κ2) is 8.38. The van der Waals surface area contributed by atoms with Crippen LogP contribution in [0, 0.1) is 5.92 Å². The Morgan fingerprint density at radius 3 is 2.84 bits per heavy atom. The molecule has 0 bridgehead atoms. The topological polar surface area (TPSA) is 69.0 Å². The maximum absolute atomic E-state index is 12.2. The van der Waals surface area contributed by atoms with Crippen molar-refractivity contribution in [3.8, 4) is 11.4 Å². The van der Waals surface area contributed by atoms with Crippen LogP contribution in [0.25, 0.3) is 5.69 Å². The summed E-state index contributed by atoms with van der Waals surface area (Å²) in [6.07, 6.45) is 6.19. The van der Waals surface area contributed by atoms with Gasteiger partial charge >= 0.3 is 0 Å². The van der Waals surface area contributed by atoms with E-state index in [0.717, 1.165) is 30.2 Å². The third-order valence-electron chi connectivity index (χ3n) is 4.57. The maximum Gasteiger partial charge on any atom is 0.230 e. The van der Waals surface area contributed by atoms with Gasteiger partial charge in [-0.15, -0.1) is 10.2 Å². The predicted molar refractivity (Wildman–Crippen MR) is 98.2 cm³/mol. The fourth-order valence-electron chi connectivity index (χ4n) is 3.12. The molecular formula is C18H24N4O2S. The van der Waals surface area contributed by atoms with Crippen molar-refractivity contribution in [3.63, 3.8) is 0 Å². The first-order valence-electron chi connectivity index (χ1n) is 8.63. The number of hydrogen-bond acceptors (Lipinski definition) is 5. The minimum atomic E-state index is 0.0547. The van der Waals surface area contributed by atoms with E-state index in [1.807, 2.05) is 28.8 Å². The van der Waals surface area contributed by atoms with E-state index in [4.69, 9.17) is 4.74 Å². The Labute approximate surface area is 152 Å². The number of rotatable bonds is 6. The highest BCUT2D eigenvalue weighted by atomic mass is 32.2. The molecular weight excluding hydrogens is 336 g/mol. The Bertz CT molecular complexity index is 711. The zero-order valence-electron chi connectivity index (χ0n) is 14.6. The lowest BCUT2D eigenvalue weighted by Gasteiger charge is -2.26. The van der Waals surface area contributed by atoms with Gasteiger partial charge in [-0.1, -0.05) is 30.8 Å². The maximum atomic E-state index is 12.2. The van der Waals surface area contributed by atoms with Gasteiger partial charge in [-0.05, 0) is 43.7 Å². The average Bonchev–Trinajstić information content (AvgIpc) is 3.10. The van der Waals surface area contributed by atoms with Gasteiger partial charge in [-0.3, -0.25) is 9.36 Å². The number of para-hydroxylation sites is 2. The van der Waals surface area contributed by atoms with Gasteiger partial charge in [0.05, 0.1) is 18.6 Å². The number of hydrogen-bond donors (Lipinski definition) is 1. The zero-order valence-corrected chi connectivity index (χ0v) is 15.5. The van der Waals surface area contributed by atoms with Crippen LogP contribution < -0.4 is 10.1 Å². The van der Waals surface area contributed by atoms with Crippen LogP contribution in [0.15, 0.2) is 35.7 Å². The van der Waals surface area contributed by atoms with E-state index in [1.165, 1.54) is 24.6 Å². The van der Waals surface area contributed by atoms with Gasteiger partial charge in [0, 0.05) is 6.04 Å². The lowest BCUT2D eigenvalue weighted by atomic mass is 9.87. The normalized spacial score (nSPS) is 20.2. The SMILES string of the molecule is COc1ccccc1-n1cnnc1SCC(=O)NC1CCC(C)CC1. The molecule has 1 aromatic heterocycles. The van der Waals surface area contributed by atoms with Crippen LogP contribution in [0.4, 0.5) is 0 Å². The summed E-state index contributed by atoms with van der Waals surface area (Å²) < 4.78 is 7.24. The Hall–Kier alpha value is -2.02. The second-order valence-corrected chi connectivity index (χ2v) is 7.41. The van der Waals surface area contributed by atoms with Crippen LogP contribution in [0.1, 0.15) is 32.6 Å². The van der Waals surface area contributed by atoms with E-state index in [-0.39, 0.29) is 5.91 Å². The monoisotopic (exact) mass is 360 g/mol. The van der Waals surface area contributed by atoms with Gasteiger partial charge in [0.2, 0.25) is 5.91 Å². The molecule has 1 aromatic carbocycles. The van der Waals surface area contributed by atoms with E-state index in [1.54, 1.807) is 13.4 Å². The molecule has 1 saturated carbocycles. The Kier molecular flexibility index (Phi) is 5.96. The van der Waals surface area contributed by atoms with Gasteiger partial charge in [0.25, 0.3) is 0 Å². The fraction of sp³-hybridized carbons (Fsp3) is 0.500. The number of aromatic nitrogens is 3. The van der Waals surface area contributed by atoms with Gasteiger partial charge < -0.3 is 10.1 Å². The molecule has 134 valence electrons. The molecule has 1 N–H and O–H groups in total. The van der Waals surface area contributed by atoms with Crippen molar-refractivity contribution in [2.45, 2.75) is 43.8 Å². The third-order valence-corrected chi connectivity index (χ3v) is 5.52. The number of nitrogens with zero attached hydrogens (tertiary/aromatic N) is 3. The Morgan fingerprint density at radius 2 is 2.08 bits per heavy atom. The highest BCUT2D eigenvalue weighted by molar-refractivity contribution is 7.99. The quantitative estimate of drug-likeness (QED) is 0.802. The summed E-state index contributed by atoms with van der Waals surface area (Å²) in [5.74, 6) is 1.91. The fourth-order valence-corrected chi connectivity index (χ4v) is 3.85. The van der Waals surface area contributed by atoms with Gasteiger partial charge in [-0.25, -0.2) is 0 Å². The molecule has 1 fully saturated rings. The van der Waals surface area contributed by atoms with Crippen LogP contribution in [-0.2, 0) is 4.79 Å². The van der Waals surface area contributed by atoms with Crippen molar-refractivity contribution >= 4 is 17.7 Å².